The molecule has 0 aromatic heterocycles. The van der Waals surface area contributed by atoms with Gasteiger partial charge in [0, 0.05) is 19.0 Å². The van der Waals surface area contributed by atoms with Gasteiger partial charge in [0.1, 0.15) is 5.02 Å². The Balaban J connectivity index is 2.35. The van der Waals surface area contributed by atoms with E-state index < -0.39 is 4.92 Å². The van der Waals surface area contributed by atoms with Crippen LogP contribution in [0.3, 0.4) is 0 Å². The molecule has 1 aromatic carbocycles. The smallest absolute Gasteiger partial charge is 0.289 e. The highest BCUT2D eigenvalue weighted by Crippen LogP contribution is 2.32. The van der Waals surface area contributed by atoms with E-state index >= 15 is 0 Å². The first-order valence-electron chi connectivity index (χ1n) is 5.17. The molecule has 6 nitrogen and oxygen atoms in total. The summed E-state index contributed by atoms with van der Waals surface area (Å²) in [5, 5.41) is 19.6. The van der Waals surface area contributed by atoms with Crippen LogP contribution in [0, 0.1) is 27.4 Å². The molecule has 2 rings (SSSR count). The summed E-state index contributed by atoms with van der Waals surface area (Å²) in [6.07, 6.45) is 0.146. The quantitative estimate of drug-likeness (QED) is 0.605. The van der Waals surface area contributed by atoms with E-state index in [1.807, 2.05) is 6.07 Å². The number of nitro benzene ring substituents is 1. The van der Waals surface area contributed by atoms with Crippen molar-refractivity contribution in [3.8, 4) is 6.07 Å². The van der Waals surface area contributed by atoms with Gasteiger partial charge in [0.2, 0.25) is 5.91 Å². The number of carbonyl (C=O) groups excluding carboxylic acids is 1. The fourth-order valence-electron chi connectivity index (χ4n) is 1.85. The van der Waals surface area contributed by atoms with E-state index in [0.717, 1.165) is 0 Å². The first kappa shape index (κ1) is 12.3. The van der Waals surface area contributed by atoms with Crippen molar-refractivity contribution in [3.05, 3.63) is 33.3 Å². The molecule has 0 spiro atoms. The molecule has 92 valence electrons. The van der Waals surface area contributed by atoms with E-state index in [1.54, 1.807) is 0 Å². The molecule has 0 radical (unpaired) electrons. The van der Waals surface area contributed by atoms with Crippen LogP contribution in [-0.4, -0.2) is 17.4 Å². The van der Waals surface area contributed by atoms with E-state index in [9.17, 15) is 14.9 Å². The Kier molecular flexibility index (Phi) is 3.17. The molecular weight excluding hydrogens is 258 g/mol. The number of hydrogen-bond donors (Lipinski definition) is 0. The van der Waals surface area contributed by atoms with Crippen LogP contribution in [0.15, 0.2) is 18.2 Å². The van der Waals surface area contributed by atoms with Gasteiger partial charge in [-0.3, -0.25) is 14.9 Å². The van der Waals surface area contributed by atoms with E-state index in [0.29, 0.717) is 5.69 Å². The van der Waals surface area contributed by atoms with Crippen LogP contribution >= 0.6 is 11.6 Å². The number of rotatable bonds is 2. The predicted octanol–water partition coefficient (Wildman–Crippen LogP) is 2.12. The fraction of sp³-hybridized carbons (Fsp3) is 0.273. The van der Waals surface area contributed by atoms with Gasteiger partial charge < -0.3 is 4.90 Å². The molecule has 0 N–H and O–H groups in total. The number of halogens is 1. The zero-order valence-corrected chi connectivity index (χ0v) is 9.92. The van der Waals surface area contributed by atoms with Crippen LogP contribution in [0.1, 0.15) is 6.42 Å². The molecular formula is C11H8ClN3O3. The summed E-state index contributed by atoms with van der Waals surface area (Å²) >= 11 is 5.69. The van der Waals surface area contributed by atoms with Gasteiger partial charge in [-0.15, -0.1) is 0 Å². The summed E-state index contributed by atoms with van der Waals surface area (Å²) in [5.41, 5.74) is 0.149. The minimum atomic E-state index is -0.603. The van der Waals surface area contributed by atoms with Crippen LogP contribution in [0.25, 0.3) is 0 Å². The van der Waals surface area contributed by atoms with Gasteiger partial charge in [-0.25, -0.2) is 0 Å². The molecule has 7 heteroatoms. The number of amides is 1. The Bertz CT molecular complexity index is 567. The Hall–Kier alpha value is -2.13. The number of nitrogens with zero attached hydrogens (tertiary/aromatic N) is 3. The summed E-state index contributed by atoms with van der Waals surface area (Å²) in [5.74, 6) is -0.578. The molecule has 1 aliphatic heterocycles. The van der Waals surface area contributed by atoms with Gasteiger partial charge in [0.05, 0.1) is 22.6 Å². The number of carbonyl (C=O) groups is 1. The maximum absolute atomic E-state index is 11.7. The van der Waals surface area contributed by atoms with Crippen LogP contribution in [0.2, 0.25) is 5.02 Å². The van der Waals surface area contributed by atoms with Crippen LogP contribution < -0.4 is 4.90 Å². The SMILES string of the molecule is N#CC1CC(=O)N(c2ccc(Cl)c([N+](=O)[O-])c2)C1. The molecule has 0 aliphatic carbocycles. The second-order valence-corrected chi connectivity index (χ2v) is 4.33. The number of anilines is 1. The van der Waals surface area contributed by atoms with Crippen molar-refractivity contribution < 1.29 is 9.72 Å². The molecule has 1 amide bonds. The maximum atomic E-state index is 11.7. The molecule has 1 heterocycles. The second kappa shape index (κ2) is 4.63. The third kappa shape index (κ3) is 2.13. The molecule has 0 saturated carbocycles. The van der Waals surface area contributed by atoms with Gasteiger partial charge in [0.25, 0.3) is 5.69 Å². The lowest BCUT2D eigenvalue weighted by Crippen LogP contribution is -2.24. The van der Waals surface area contributed by atoms with E-state index in [2.05, 4.69) is 0 Å². The largest absolute Gasteiger partial charge is 0.311 e. The minimum absolute atomic E-state index is 0.0206. The second-order valence-electron chi connectivity index (χ2n) is 3.93. The molecule has 1 unspecified atom stereocenters. The summed E-state index contributed by atoms with van der Waals surface area (Å²) in [7, 11) is 0. The van der Waals surface area contributed by atoms with Gasteiger partial charge >= 0.3 is 0 Å². The normalized spacial score (nSPS) is 18.8. The molecule has 1 saturated heterocycles. The summed E-state index contributed by atoms with van der Waals surface area (Å²) in [6, 6.07) is 6.18. The standard InChI is InChI=1S/C11H8ClN3O3/c12-9-2-1-8(4-10(9)15(17)18)14-6-7(5-13)3-11(14)16/h1-2,4,7H,3,6H2. The van der Waals surface area contributed by atoms with E-state index in [4.69, 9.17) is 16.9 Å². The lowest BCUT2D eigenvalue weighted by molar-refractivity contribution is -0.384. The minimum Gasteiger partial charge on any atom is -0.311 e. The van der Waals surface area contributed by atoms with Crippen molar-refractivity contribution in [1.29, 1.82) is 5.26 Å². The van der Waals surface area contributed by atoms with Crippen molar-refractivity contribution >= 4 is 28.9 Å². The first-order valence-corrected chi connectivity index (χ1v) is 5.54. The molecule has 18 heavy (non-hydrogen) atoms. The number of hydrogen-bond acceptors (Lipinski definition) is 4. The summed E-state index contributed by atoms with van der Waals surface area (Å²) in [4.78, 5) is 23.2. The van der Waals surface area contributed by atoms with E-state index in [-0.39, 0.29) is 35.5 Å². The average molecular weight is 266 g/mol. The van der Waals surface area contributed by atoms with Crippen molar-refractivity contribution in [3.63, 3.8) is 0 Å². The van der Waals surface area contributed by atoms with Gasteiger partial charge in [-0.2, -0.15) is 5.26 Å². The van der Waals surface area contributed by atoms with Crippen molar-refractivity contribution in [1.82, 2.24) is 0 Å². The Labute approximate surface area is 108 Å². The topological polar surface area (TPSA) is 87.2 Å². The highest BCUT2D eigenvalue weighted by Gasteiger charge is 2.31. The molecule has 1 fully saturated rings. The highest BCUT2D eigenvalue weighted by molar-refractivity contribution is 6.32. The number of nitriles is 1. The van der Waals surface area contributed by atoms with Crippen LogP contribution in [0.4, 0.5) is 11.4 Å². The zero-order valence-electron chi connectivity index (χ0n) is 9.17. The van der Waals surface area contributed by atoms with Crippen molar-refractivity contribution in [2.75, 3.05) is 11.4 Å². The Morgan fingerprint density at radius 1 is 1.56 bits per heavy atom. The lowest BCUT2D eigenvalue weighted by Gasteiger charge is -2.15. The predicted molar refractivity (Wildman–Crippen MR) is 64.2 cm³/mol. The molecule has 1 aromatic rings. The van der Waals surface area contributed by atoms with Crippen molar-refractivity contribution in [2.24, 2.45) is 5.92 Å². The fourth-order valence-corrected chi connectivity index (χ4v) is 2.04. The number of nitro groups is 1. The van der Waals surface area contributed by atoms with E-state index in [1.165, 1.54) is 23.1 Å². The third-order valence-electron chi connectivity index (χ3n) is 2.75. The van der Waals surface area contributed by atoms with Crippen LogP contribution in [0.5, 0.6) is 0 Å². The van der Waals surface area contributed by atoms with Gasteiger partial charge in [0.15, 0.2) is 0 Å². The van der Waals surface area contributed by atoms with Gasteiger partial charge in [-0.1, -0.05) is 11.6 Å². The Morgan fingerprint density at radius 3 is 2.83 bits per heavy atom. The summed E-state index contributed by atoms with van der Waals surface area (Å²) in [6.45, 7) is 0.258. The number of benzene rings is 1. The molecule has 1 atom stereocenters. The average Bonchev–Trinajstić information content (AvgIpc) is 2.71. The zero-order chi connectivity index (χ0) is 13.3. The van der Waals surface area contributed by atoms with Crippen LogP contribution in [-0.2, 0) is 4.79 Å². The monoisotopic (exact) mass is 265 g/mol. The molecule has 0 bridgehead atoms. The lowest BCUT2D eigenvalue weighted by atomic mass is 10.1. The summed E-state index contributed by atoms with van der Waals surface area (Å²) < 4.78 is 0. The maximum Gasteiger partial charge on any atom is 0.289 e. The molecule has 1 aliphatic rings. The third-order valence-corrected chi connectivity index (χ3v) is 3.07. The highest BCUT2D eigenvalue weighted by atomic mass is 35.5. The van der Waals surface area contributed by atoms with Crippen molar-refractivity contribution in [2.45, 2.75) is 6.42 Å². The first-order chi connectivity index (χ1) is 8.52. The van der Waals surface area contributed by atoms with Gasteiger partial charge in [-0.05, 0) is 12.1 Å². The Morgan fingerprint density at radius 2 is 2.28 bits per heavy atom.